The molecular weight excluding hydrogens is 252 g/mol. The number of nitrogens with zero attached hydrogens (tertiary/aromatic N) is 1. The zero-order valence-electron chi connectivity index (χ0n) is 11.8. The maximum atomic E-state index is 12.3. The summed E-state index contributed by atoms with van der Waals surface area (Å²) in [4.78, 5) is 14.2. The van der Waals surface area contributed by atoms with Crippen LogP contribution in [-0.2, 0) is 4.79 Å². The number of amides is 1. The Hall–Kier alpha value is -1.97. The van der Waals surface area contributed by atoms with Crippen molar-refractivity contribution < 1.29 is 9.53 Å². The first kappa shape index (κ1) is 14.4. The lowest BCUT2D eigenvalue weighted by molar-refractivity contribution is -0.135. The summed E-state index contributed by atoms with van der Waals surface area (Å²) in [5.74, 6) is 0.641. The number of ether oxygens (including phenoxy) is 1. The molecule has 0 spiro atoms. The highest BCUT2D eigenvalue weighted by atomic mass is 16.5. The zero-order valence-corrected chi connectivity index (χ0v) is 11.8. The van der Waals surface area contributed by atoms with Gasteiger partial charge in [-0.15, -0.1) is 6.58 Å². The third kappa shape index (κ3) is 3.76. The second kappa shape index (κ2) is 6.98. The fraction of sp³-hybridized carbons (Fsp3) is 0.438. The van der Waals surface area contributed by atoms with E-state index in [1.807, 2.05) is 11.0 Å². The summed E-state index contributed by atoms with van der Waals surface area (Å²) < 4.78 is 5.53. The number of hydrogen-bond donors (Lipinski definition) is 1. The van der Waals surface area contributed by atoms with E-state index < -0.39 is 0 Å². The van der Waals surface area contributed by atoms with E-state index in [-0.39, 0.29) is 12.5 Å². The Bertz CT molecular complexity index is 467. The molecule has 1 aromatic rings. The normalized spacial score (nSPS) is 15.0. The molecule has 0 unspecified atom stereocenters. The first-order valence-electron chi connectivity index (χ1n) is 7.09. The lowest BCUT2D eigenvalue weighted by atomic mass is 10.2. The third-order valence-corrected chi connectivity index (χ3v) is 3.63. The molecule has 1 saturated carbocycles. The fourth-order valence-electron chi connectivity index (χ4n) is 2.64. The van der Waals surface area contributed by atoms with Crippen LogP contribution in [0, 0.1) is 0 Å². The number of anilines is 1. The Kier molecular flexibility index (Phi) is 5.04. The summed E-state index contributed by atoms with van der Waals surface area (Å²) in [5, 5.41) is 0. The van der Waals surface area contributed by atoms with E-state index in [4.69, 9.17) is 10.5 Å². The van der Waals surface area contributed by atoms with Crippen molar-refractivity contribution in [2.45, 2.75) is 31.7 Å². The highest BCUT2D eigenvalue weighted by Gasteiger charge is 2.25. The average Bonchev–Trinajstić information content (AvgIpc) is 2.96. The molecule has 2 rings (SSSR count). The van der Waals surface area contributed by atoms with Gasteiger partial charge in [0.2, 0.25) is 0 Å². The quantitative estimate of drug-likeness (QED) is 0.641. The molecule has 108 valence electrons. The molecule has 4 heteroatoms. The van der Waals surface area contributed by atoms with Crippen molar-refractivity contribution in [1.82, 2.24) is 4.90 Å². The summed E-state index contributed by atoms with van der Waals surface area (Å²) in [6.07, 6.45) is 6.33. The van der Waals surface area contributed by atoms with Gasteiger partial charge in [0.15, 0.2) is 6.61 Å². The number of hydrogen-bond acceptors (Lipinski definition) is 3. The van der Waals surface area contributed by atoms with Gasteiger partial charge in [0.1, 0.15) is 5.75 Å². The summed E-state index contributed by atoms with van der Waals surface area (Å²) in [7, 11) is 0. The molecule has 0 bridgehead atoms. The van der Waals surface area contributed by atoms with Crippen molar-refractivity contribution in [2.24, 2.45) is 0 Å². The van der Waals surface area contributed by atoms with E-state index in [1.54, 1.807) is 24.3 Å². The lowest BCUT2D eigenvalue weighted by Gasteiger charge is -2.27. The number of benzene rings is 1. The smallest absolute Gasteiger partial charge is 0.261 e. The Morgan fingerprint density at radius 1 is 1.45 bits per heavy atom. The van der Waals surface area contributed by atoms with E-state index in [9.17, 15) is 4.79 Å². The molecule has 0 radical (unpaired) electrons. The molecular formula is C16H22N2O2. The van der Waals surface area contributed by atoms with Crippen LogP contribution >= 0.6 is 0 Å². The minimum atomic E-state index is 0.0132. The van der Waals surface area contributed by atoms with Gasteiger partial charge in [-0.05, 0) is 25.0 Å². The van der Waals surface area contributed by atoms with Crippen LogP contribution in [0.2, 0.25) is 0 Å². The SMILES string of the molecule is C=CCN(C(=O)COc1cccc(N)c1)C1CCCC1. The van der Waals surface area contributed by atoms with E-state index in [0.717, 1.165) is 12.8 Å². The molecule has 0 aromatic heterocycles. The summed E-state index contributed by atoms with van der Waals surface area (Å²) in [5.41, 5.74) is 6.32. The van der Waals surface area contributed by atoms with Crippen LogP contribution in [0.3, 0.4) is 0 Å². The van der Waals surface area contributed by atoms with E-state index in [2.05, 4.69) is 6.58 Å². The number of nitrogens with two attached hydrogens (primary N) is 1. The van der Waals surface area contributed by atoms with Crippen LogP contribution in [-0.4, -0.2) is 30.0 Å². The highest BCUT2D eigenvalue weighted by molar-refractivity contribution is 5.78. The first-order valence-corrected chi connectivity index (χ1v) is 7.09. The van der Waals surface area contributed by atoms with Crippen molar-refractivity contribution in [1.29, 1.82) is 0 Å². The maximum absolute atomic E-state index is 12.3. The molecule has 0 saturated heterocycles. The van der Waals surface area contributed by atoms with Gasteiger partial charge in [0.25, 0.3) is 5.91 Å². The molecule has 4 nitrogen and oxygen atoms in total. The van der Waals surface area contributed by atoms with Crippen molar-refractivity contribution >= 4 is 11.6 Å². The maximum Gasteiger partial charge on any atom is 0.261 e. The summed E-state index contributed by atoms with van der Waals surface area (Å²) >= 11 is 0. The number of carbonyl (C=O) groups is 1. The van der Waals surface area contributed by atoms with Crippen molar-refractivity contribution in [3.05, 3.63) is 36.9 Å². The Morgan fingerprint density at radius 3 is 2.85 bits per heavy atom. The van der Waals surface area contributed by atoms with Crippen LogP contribution in [0.5, 0.6) is 5.75 Å². The minimum Gasteiger partial charge on any atom is -0.484 e. The van der Waals surface area contributed by atoms with Crippen molar-refractivity contribution in [2.75, 3.05) is 18.9 Å². The second-order valence-corrected chi connectivity index (χ2v) is 5.13. The van der Waals surface area contributed by atoms with Crippen molar-refractivity contribution in [3.8, 4) is 5.75 Å². The molecule has 0 heterocycles. The summed E-state index contributed by atoms with van der Waals surface area (Å²) in [6, 6.07) is 7.47. The zero-order chi connectivity index (χ0) is 14.4. The largest absolute Gasteiger partial charge is 0.484 e. The third-order valence-electron chi connectivity index (χ3n) is 3.63. The topological polar surface area (TPSA) is 55.6 Å². The molecule has 1 fully saturated rings. The van der Waals surface area contributed by atoms with E-state index >= 15 is 0 Å². The highest BCUT2D eigenvalue weighted by Crippen LogP contribution is 2.23. The van der Waals surface area contributed by atoms with Gasteiger partial charge in [0.05, 0.1) is 0 Å². The number of carbonyl (C=O) groups excluding carboxylic acids is 1. The average molecular weight is 274 g/mol. The fourth-order valence-corrected chi connectivity index (χ4v) is 2.64. The van der Waals surface area contributed by atoms with E-state index in [1.165, 1.54) is 12.8 Å². The Labute approximate surface area is 120 Å². The van der Waals surface area contributed by atoms with Crippen LogP contribution in [0.1, 0.15) is 25.7 Å². The minimum absolute atomic E-state index is 0.0132. The summed E-state index contributed by atoms with van der Waals surface area (Å²) in [6.45, 7) is 4.37. The standard InChI is InChI=1S/C16H22N2O2/c1-2-10-18(14-7-3-4-8-14)16(19)12-20-15-9-5-6-13(17)11-15/h2,5-6,9,11,14H,1,3-4,7-8,10,12,17H2. The second-order valence-electron chi connectivity index (χ2n) is 5.13. The molecule has 1 amide bonds. The molecule has 0 atom stereocenters. The predicted molar refractivity (Wildman–Crippen MR) is 80.5 cm³/mol. The van der Waals surface area contributed by atoms with Crippen LogP contribution in [0.15, 0.2) is 36.9 Å². The van der Waals surface area contributed by atoms with Gasteiger partial charge >= 0.3 is 0 Å². The molecule has 1 aromatic carbocycles. The molecule has 1 aliphatic carbocycles. The molecule has 2 N–H and O–H groups in total. The van der Waals surface area contributed by atoms with Gasteiger partial charge in [0, 0.05) is 24.3 Å². The van der Waals surface area contributed by atoms with Gasteiger partial charge < -0.3 is 15.4 Å². The van der Waals surface area contributed by atoms with E-state index in [0.29, 0.717) is 24.0 Å². The van der Waals surface area contributed by atoms with Crippen molar-refractivity contribution in [3.63, 3.8) is 0 Å². The lowest BCUT2D eigenvalue weighted by Crippen LogP contribution is -2.41. The van der Waals surface area contributed by atoms with Gasteiger partial charge in [-0.2, -0.15) is 0 Å². The molecule has 20 heavy (non-hydrogen) atoms. The molecule has 0 aliphatic heterocycles. The van der Waals surface area contributed by atoms with Gasteiger partial charge in [-0.1, -0.05) is 25.0 Å². The van der Waals surface area contributed by atoms with Gasteiger partial charge in [-0.3, -0.25) is 4.79 Å². The predicted octanol–water partition coefficient (Wildman–Crippen LogP) is 2.60. The molecule has 1 aliphatic rings. The first-order chi connectivity index (χ1) is 9.70. The number of rotatable bonds is 6. The van der Waals surface area contributed by atoms with Crippen LogP contribution in [0.25, 0.3) is 0 Å². The van der Waals surface area contributed by atoms with Gasteiger partial charge in [-0.25, -0.2) is 0 Å². The van der Waals surface area contributed by atoms with Crippen LogP contribution in [0.4, 0.5) is 5.69 Å². The van der Waals surface area contributed by atoms with Crippen LogP contribution < -0.4 is 10.5 Å². The monoisotopic (exact) mass is 274 g/mol. The Morgan fingerprint density at radius 2 is 2.20 bits per heavy atom. The Balaban J connectivity index is 1.92. The number of nitrogen functional groups attached to an aromatic ring is 1.